The monoisotopic (exact) mass is 398 g/mol. The molecule has 6 nitrogen and oxygen atoms in total. The summed E-state index contributed by atoms with van der Waals surface area (Å²) >= 11 is 3.34. The maximum Gasteiger partial charge on any atom is 0.255 e. The van der Waals surface area contributed by atoms with Gasteiger partial charge in [-0.2, -0.15) is 5.10 Å². The van der Waals surface area contributed by atoms with Gasteiger partial charge in [-0.1, -0.05) is 28.1 Å². The van der Waals surface area contributed by atoms with Crippen LogP contribution < -0.4 is 10.6 Å². The first-order valence-corrected chi connectivity index (χ1v) is 8.34. The molecule has 0 radical (unpaired) electrons. The number of nitrogens with zero attached hydrogens (tertiary/aromatic N) is 1. The maximum atomic E-state index is 12.2. The third kappa shape index (κ3) is 4.77. The molecule has 25 heavy (non-hydrogen) atoms. The number of hydrogen-bond donors (Lipinski definition) is 3. The van der Waals surface area contributed by atoms with E-state index in [0.29, 0.717) is 16.9 Å². The summed E-state index contributed by atoms with van der Waals surface area (Å²) in [5.74, 6) is -0.314. The van der Waals surface area contributed by atoms with E-state index in [1.165, 1.54) is 0 Å². The number of hydrogen-bond acceptors (Lipinski definition) is 3. The van der Waals surface area contributed by atoms with Crippen LogP contribution in [0.3, 0.4) is 0 Å². The van der Waals surface area contributed by atoms with Gasteiger partial charge in [0.05, 0.1) is 18.3 Å². The number of halogens is 1. The van der Waals surface area contributed by atoms with Crippen LogP contribution in [0.15, 0.2) is 65.4 Å². The normalized spacial score (nSPS) is 10.3. The molecule has 0 saturated heterocycles. The van der Waals surface area contributed by atoms with Gasteiger partial charge in [-0.15, -0.1) is 0 Å². The summed E-state index contributed by atoms with van der Waals surface area (Å²) in [7, 11) is 0. The highest BCUT2D eigenvalue weighted by atomic mass is 79.9. The van der Waals surface area contributed by atoms with Crippen molar-refractivity contribution in [3.05, 3.63) is 76.5 Å². The molecule has 0 saturated carbocycles. The number of amides is 2. The van der Waals surface area contributed by atoms with Gasteiger partial charge in [-0.05, 0) is 42.0 Å². The number of aromatic nitrogens is 2. The highest BCUT2D eigenvalue weighted by Gasteiger charge is 2.07. The van der Waals surface area contributed by atoms with Gasteiger partial charge in [-0.25, -0.2) is 0 Å². The van der Waals surface area contributed by atoms with Crippen molar-refractivity contribution in [2.75, 3.05) is 10.6 Å². The van der Waals surface area contributed by atoms with E-state index in [1.807, 2.05) is 24.3 Å². The smallest absolute Gasteiger partial charge is 0.255 e. The van der Waals surface area contributed by atoms with Crippen molar-refractivity contribution in [3.8, 4) is 0 Å². The summed E-state index contributed by atoms with van der Waals surface area (Å²) in [6.45, 7) is 0. The van der Waals surface area contributed by atoms with Crippen molar-refractivity contribution in [2.45, 2.75) is 6.42 Å². The van der Waals surface area contributed by atoms with Gasteiger partial charge in [0.15, 0.2) is 0 Å². The molecule has 1 aromatic heterocycles. The minimum atomic E-state index is -0.182. The Hall–Kier alpha value is -2.93. The second-order valence-electron chi connectivity index (χ2n) is 5.37. The van der Waals surface area contributed by atoms with Gasteiger partial charge in [0.1, 0.15) is 0 Å². The van der Waals surface area contributed by atoms with Crippen molar-refractivity contribution in [3.63, 3.8) is 0 Å². The van der Waals surface area contributed by atoms with E-state index in [9.17, 15) is 9.59 Å². The van der Waals surface area contributed by atoms with E-state index in [4.69, 9.17) is 0 Å². The molecule has 126 valence electrons. The first-order valence-electron chi connectivity index (χ1n) is 7.54. The first kappa shape index (κ1) is 16.9. The zero-order chi connectivity index (χ0) is 17.6. The lowest BCUT2D eigenvalue weighted by molar-refractivity contribution is -0.115. The molecule has 0 aliphatic rings. The Morgan fingerprint density at radius 2 is 1.68 bits per heavy atom. The summed E-state index contributed by atoms with van der Waals surface area (Å²) in [6.07, 6.45) is 3.39. The second-order valence-corrected chi connectivity index (χ2v) is 6.29. The minimum Gasteiger partial charge on any atom is -0.323 e. The third-order valence-electron chi connectivity index (χ3n) is 3.46. The molecule has 0 unspecified atom stereocenters. The minimum absolute atomic E-state index is 0.131. The lowest BCUT2D eigenvalue weighted by Gasteiger charge is -2.07. The summed E-state index contributed by atoms with van der Waals surface area (Å²) in [6, 6.07) is 14.3. The van der Waals surface area contributed by atoms with Crippen molar-refractivity contribution in [1.29, 1.82) is 0 Å². The Kier molecular flexibility index (Phi) is 5.25. The molecule has 0 bridgehead atoms. The zero-order valence-corrected chi connectivity index (χ0v) is 14.7. The first-order chi connectivity index (χ1) is 12.1. The van der Waals surface area contributed by atoms with Gasteiger partial charge in [0.25, 0.3) is 5.91 Å². The van der Waals surface area contributed by atoms with Gasteiger partial charge >= 0.3 is 0 Å². The van der Waals surface area contributed by atoms with Crippen LogP contribution in [0.25, 0.3) is 0 Å². The number of rotatable bonds is 5. The number of anilines is 2. The molecule has 0 fully saturated rings. The van der Waals surface area contributed by atoms with Crippen LogP contribution in [0.2, 0.25) is 0 Å². The van der Waals surface area contributed by atoms with Gasteiger partial charge in [-0.3, -0.25) is 14.7 Å². The molecular weight excluding hydrogens is 384 g/mol. The average Bonchev–Trinajstić information content (AvgIpc) is 3.10. The van der Waals surface area contributed by atoms with E-state index in [2.05, 4.69) is 36.8 Å². The fourth-order valence-electron chi connectivity index (χ4n) is 2.22. The molecule has 0 atom stereocenters. The predicted molar refractivity (Wildman–Crippen MR) is 99.5 cm³/mol. The highest BCUT2D eigenvalue weighted by molar-refractivity contribution is 9.10. The van der Waals surface area contributed by atoms with E-state index in [-0.39, 0.29) is 18.2 Å². The Morgan fingerprint density at radius 3 is 2.32 bits per heavy atom. The molecule has 3 rings (SSSR count). The van der Waals surface area contributed by atoms with Gasteiger partial charge in [0, 0.05) is 21.9 Å². The lowest BCUT2D eigenvalue weighted by Crippen LogP contribution is -2.14. The molecule has 2 aromatic carbocycles. The van der Waals surface area contributed by atoms with Crippen molar-refractivity contribution < 1.29 is 9.59 Å². The van der Waals surface area contributed by atoms with Gasteiger partial charge < -0.3 is 10.6 Å². The van der Waals surface area contributed by atoms with Crippen LogP contribution in [-0.4, -0.2) is 22.0 Å². The van der Waals surface area contributed by atoms with Crippen LogP contribution in [-0.2, 0) is 11.2 Å². The topological polar surface area (TPSA) is 86.9 Å². The van der Waals surface area contributed by atoms with Crippen molar-refractivity contribution in [2.24, 2.45) is 0 Å². The summed E-state index contributed by atoms with van der Waals surface area (Å²) in [5.41, 5.74) is 2.73. The van der Waals surface area contributed by atoms with Crippen LogP contribution in [0, 0.1) is 0 Å². The second kappa shape index (κ2) is 7.76. The molecule has 0 aliphatic carbocycles. The SMILES string of the molecule is O=C(Cc1ccc(NC(=O)c2ccc(Br)cc2)cc1)Nc1cn[nH]c1. The fourth-order valence-corrected chi connectivity index (χ4v) is 2.48. The predicted octanol–water partition coefficient (Wildman–Crippen LogP) is 3.61. The highest BCUT2D eigenvalue weighted by Crippen LogP contribution is 2.14. The molecule has 2 amide bonds. The van der Waals surface area contributed by atoms with E-state index in [0.717, 1.165) is 10.0 Å². The Bertz CT molecular complexity index is 859. The van der Waals surface area contributed by atoms with E-state index >= 15 is 0 Å². The molecule has 3 N–H and O–H groups in total. The van der Waals surface area contributed by atoms with E-state index in [1.54, 1.807) is 36.7 Å². The molecule has 0 spiro atoms. The number of H-pyrrole nitrogens is 1. The maximum absolute atomic E-state index is 12.2. The van der Waals surface area contributed by atoms with Crippen LogP contribution in [0.5, 0.6) is 0 Å². The molecule has 3 aromatic rings. The standard InChI is InChI=1S/C18H15BrN4O2/c19-14-5-3-13(4-6-14)18(25)23-15-7-1-12(2-8-15)9-17(24)22-16-10-20-21-11-16/h1-8,10-11H,9H2,(H,20,21)(H,22,24)(H,23,25). The Balaban J connectivity index is 1.57. The lowest BCUT2D eigenvalue weighted by atomic mass is 10.1. The third-order valence-corrected chi connectivity index (χ3v) is 3.99. The molecule has 0 aliphatic heterocycles. The Labute approximate surface area is 152 Å². The van der Waals surface area contributed by atoms with Crippen molar-refractivity contribution >= 4 is 39.1 Å². The number of carbonyl (C=O) groups excluding carboxylic acids is 2. The fraction of sp³-hybridized carbons (Fsp3) is 0.0556. The quantitative estimate of drug-likeness (QED) is 0.613. The summed E-state index contributed by atoms with van der Waals surface area (Å²) < 4.78 is 0.919. The van der Waals surface area contributed by atoms with Gasteiger partial charge in [0.2, 0.25) is 5.91 Å². The number of benzene rings is 2. The Morgan fingerprint density at radius 1 is 0.960 bits per heavy atom. The number of aromatic amines is 1. The summed E-state index contributed by atoms with van der Waals surface area (Å²) in [5, 5.41) is 12.0. The molecule has 1 heterocycles. The van der Waals surface area contributed by atoms with Crippen molar-refractivity contribution in [1.82, 2.24) is 10.2 Å². The molecule has 7 heteroatoms. The average molecular weight is 399 g/mol. The number of nitrogens with one attached hydrogen (secondary N) is 3. The summed E-state index contributed by atoms with van der Waals surface area (Å²) in [4.78, 5) is 24.1. The zero-order valence-electron chi connectivity index (χ0n) is 13.1. The number of carbonyl (C=O) groups is 2. The largest absolute Gasteiger partial charge is 0.323 e. The van der Waals surface area contributed by atoms with Crippen LogP contribution in [0.1, 0.15) is 15.9 Å². The van der Waals surface area contributed by atoms with Crippen LogP contribution >= 0.6 is 15.9 Å². The molecular formula is C18H15BrN4O2. The van der Waals surface area contributed by atoms with E-state index < -0.39 is 0 Å². The van der Waals surface area contributed by atoms with Crippen LogP contribution in [0.4, 0.5) is 11.4 Å².